The number of hydrogen-bond donors (Lipinski definition) is 1. The highest BCUT2D eigenvalue weighted by atomic mass is 15.2. The fourth-order valence-electron chi connectivity index (χ4n) is 2.62. The van der Waals surface area contributed by atoms with Crippen molar-refractivity contribution in [3.05, 3.63) is 11.9 Å². The SMILES string of the molecule is CCCNc1cc(N2CCC(C)C(C)C2)nc(CC)n1. The van der Waals surface area contributed by atoms with E-state index in [1.807, 2.05) is 0 Å². The van der Waals surface area contributed by atoms with Crippen LogP contribution in [0.15, 0.2) is 6.07 Å². The number of piperidine rings is 1. The van der Waals surface area contributed by atoms with E-state index in [0.717, 1.165) is 61.8 Å². The van der Waals surface area contributed by atoms with Crippen molar-refractivity contribution in [2.75, 3.05) is 29.9 Å². The highest BCUT2D eigenvalue weighted by molar-refractivity contribution is 5.49. The molecule has 0 radical (unpaired) electrons. The van der Waals surface area contributed by atoms with Crippen LogP contribution in [-0.4, -0.2) is 29.6 Å². The van der Waals surface area contributed by atoms with Crippen LogP contribution in [0.5, 0.6) is 0 Å². The third-order valence-corrected chi connectivity index (χ3v) is 4.29. The summed E-state index contributed by atoms with van der Waals surface area (Å²) in [6.07, 6.45) is 3.25. The zero-order valence-electron chi connectivity index (χ0n) is 13.3. The van der Waals surface area contributed by atoms with Gasteiger partial charge >= 0.3 is 0 Å². The number of aromatic nitrogens is 2. The monoisotopic (exact) mass is 276 g/mol. The molecule has 0 saturated carbocycles. The zero-order chi connectivity index (χ0) is 14.5. The summed E-state index contributed by atoms with van der Waals surface area (Å²) in [6.45, 7) is 12.2. The van der Waals surface area contributed by atoms with E-state index in [1.54, 1.807) is 0 Å². The minimum absolute atomic E-state index is 0.732. The predicted octanol–water partition coefficient (Wildman–Crippen LogP) is 3.34. The van der Waals surface area contributed by atoms with Gasteiger partial charge in [-0.2, -0.15) is 0 Å². The number of nitrogens with one attached hydrogen (secondary N) is 1. The second kappa shape index (κ2) is 6.91. The molecule has 2 unspecified atom stereocenters. The highest BCUT2D eigenvalue weighted by Crippen LogP contribution is 2.27. The molecule has 0 aliphatic carbocycles. The molecule has 1 aromatic heterocycles. The predicted molar refractivity (Wildman–Crippen MR) is 85.3 cm³/mol. The molecule has 4 heteroatoms. The van der Waals surface area contributed by atoms with Crippen molar-refractivity contribution in [3.8, 4) is 0 Å². The summed E-state index contributed by atoms with van der Waals surface area (Å²) in [5.74, 6) is 4.55. The first-order valence-electron chi connectivity index (χ1n) is 8.00. The molecule has 2 heterocycles. The molecule has 1 saturated heterocycles. The van der Waals surface area contributed by atoms with Gasteiger partial charge in [0.2, 0.25) is 0 Å². The molecule has 1 aliphatic heterocycles. The minimum atomic E-state index is 0.732. The van der Waals surface area contributed by atoms with E-state index < -0.39 is 0 Å². The number of nitrogens with zero attached hydrogens (tertiary/aromatic N) is 3. The molecular formula is C16H28N4. The topological polar surface area (TPSA) is 41.0 Å². The Kier molecular flexibility index (Phi) is 5.21. The molecule has 4 nitrogen and oxygen atoms in total. The average molecular weight is 276 g/mol. The first-order chi connectivity index (χ1) is 9.63. The Hall–Kier alpha value is -1.32. The van der Waals surface area contributed by atoms with E-state index in [-0.39, 0.29) is 0 Å². The van der Waals surface area contributed by atoms with Crippen LogP contribution < -0.4 is 10.2 Å². The van der Waals surface area contributed by atoms with E-state index in [1.165, 1.54) is 6.42 Å². The molecule has 112 valence electrons. The van der Waals surface area contributed by atoms with Crippen LogP contribution in [0.3, 0.4) is 0 Å². The summed E-state index contributed by atoms with van der Waals surface area (Å²) >= 11 is 0. The van der Waals surface area contributed by atoms with E-state index in [9.17, 15) is 0 Å². The van der Waals surface area contributed by atoms with Gasteiger partial charge in [-0.25, -0.2) is 9.97 Å². The Morgan fingerprint density at radius 2 is 2.05 bits per heavy atom. The normalized spacial score (nSPS) is 22.9. The summed E-state index contributed by atoms with van der Waals surface area (Å²) in [7, 11) is 0. The van der Waals surface area contributed by atoms with Crippen LogP contribution in [-0.2, 0) is 6.42 Å². The second-order valence-corrected chi connectivity index (χ2v) is 6.00. The summed E-state index contributed by atoms with van der Waals surface area (Å²) in [5, 5.41) is 3.39. The van der Waals surface area contributed by atoms with Crippen LogP contribution in [0.2, 0.25) is 0 Å². The van der Waals surface area contributed by atoms with Gasteiger partial charge in [-0.3, -0.25) is 0 Å². The van der Waals surface area contributed by atoms with E-state index in [2.05, 4.69) is 49.0 Å². The third-order valence-electron chi connectivity index (χ3n) is 4.29. The van der Waals surface area contributed by atoms with Crippen LogP contribution in [0, 0.1) is 11.8 Å². The van der Waals surface area contributed by atoms with Crippen molar-refractivity contribution in [1.82, 2.24) is 9.97 Å². The van der Waals surface area contributed by atoms with Crippen molar-refractivity contribution in [2.45, 2.75) is 47.0 Å². The van der Waals surface area contributed by atoms with Gasteiger partial charge in [0.15, 0.2) is 0 Å². The van der Waals surface area contributed by atoms with Crippen LogP contribution in [0.1, 0.15) is 46.4 Å². The lowest BCUT2D eigenvalue weighted by atomic mass is 9.89. The van der Waals surface area contributed by atoms with Gasteiger partial charge < -0.3 is 10.2 Å². The van der Waals surface area contributed by atoms with Gasteiger partial charge in [0, 0.05) is 32.1 Å². The Labute approximate surface area is 123 Å². The molecular weight excluding hydrogens is 248 g/mol. The maximum Gasteiger partial charge on any atom is 0.134 e. The molecule has 2 atom stereocenters. The first kappa shape index (κ1) is 15.1. The van der Waals surface area contributed by atoms with Crippen molar-refractivity contribution < 1.29 is 0 Å². The molecule has 20 heavy (non-hydrogen) atoms. The van der Waals surface area contributed by atoms with Crippen molar-refractivity contribution in [1.29, 1.82) is 0 Å². The highest BCUT2D eigenvalue weighted by Gasteiger charge is 2.24. The van der Waals surface area contributed by atoms with Gasteiger partial charge in [-0.1, -0.05) is 27.7 Å². The van der Waals surface area contributed by atoms with Crippen molar-refractivity contribution >= 4 is 11.6 Å². The van der Waals surface area contributed by atoms with E-state index >= 15 is 0 Å². The van der Waals surface area contributed by atoms with Crippen molar-refractivity contribution in [3.63, 3.8) is 0 Å². The van der Waals surface area contributed by atoms with Gasteiger partial charge in [0.25, 0.3) is 0 Å². The Morgan fingerprint density at radius 3 is 2.70 bits per heavy atom. The van der Waals surface area contributed by atoms with Crippen LogP contribution >= 0.6 is 0 Å². The fourth-order valence-corrected chi connectivity index (χ4v) is 2.62. The first-order valence-corrected chi connectivity index (χ1v) is 8.00. The van der Waals surface area contributed by atoms with Gasteiger partial charge in [0.05, 0.1) is 0 Å². The van der Waals surface area contributed by atoms with Gasteiger partial charge in [-0.05, 0) is 24.7 Å². The third kappa shape index (κ3) is 3.62. The Balaban J connectivity index is 2.17. The molecule has 1 aliphatic rings. The van der Waals surface area contributed by atoms with Crippen molar-refractivity contribution in [2.24, 2.45) is 11.8 Å². The summed E-state index contributed by atoms with van der Waals surface area (Å²) in [5.41, 5.74) is 0. The standard InChI is InChI=1S/C16H28N4/c1-5-8-17-15-10-16(19-14(6-2)18-15)20-9-7-12(3)13(4)11-20/h10,12-13H,5-9,11H2,1-4H3,(H,17,18,19). The number of anilines is 2. The quantitative estimate of drug-likeness (QED) is 0.895. The Morgan fingerprint density at radius 1 is 1.25 bits per heavy atom. The van der Waals surface area contributed by atoms with Gasteiger partial charge in [0.1, 0.15) is 17.5 Å². The largest absolute Gasteiger partial charge is 0.370 e. The van der Waals surface area contributed by atoms with E-state index in [0.29, 0.717) is 0 Å². The minimum Gasteiger partial charge on any atom is -0.370 e. The lowest BCUT2D eigenvalue weighted by Crippen LogP contribution is -2.39. The maximum absolute atomic E-state index is 4.72. The van der Waals surface area contributed by atoms with E-state index in [4.69, 9.17) is 4.98 Å². The molecule has 0 aromatic carbocycles. The summed E-state index contributed by atoms with van der Waals surface area (Å²) in [6, 6.07) is 2.11. The lowest BCUT2D eigenvalue weighted by Gasteiger charge is -2.36. The molecule has 0 spiro atoms. The second-order valence-electron chi connectivity index (χ2n) is 6.00. The Bertz CT molecular complexity index is 432. The molecule has 0 amide bonds. The summed E-state index contributed by atoms with van der Waals surface area (Å²) in [4.78, 5) is 11.7. The number of rotatable bonds is 5. The zero-order valence-corrected chi connectivity index (χ0v) is 13.3. The average Bonchev–Trinajstić information content (AvgIpc) is 2.47. The number of aryl methyl sites for hydroxylation is 1. The number of hydrogen-bond acceptors (Lipinski definition) is 4. The van der Waals surface area contributed by atoms with Gasteiger partial charge in [-0.15, -0.1) is 0 Å². The smallest absolute Gasteiger partial charge is 0.134 e. The molecule has 0 bridgehead atoms. The molecule has 1 aromatic rings. The maximum atomic E-state index is 4.72. The van der Waals surface area contributed by atoms with Crippen LogP contribution in [0.4, 0.5) is 11.6 Å². The van der Waals surface area contributed by atoms with Crippen LogP contribution in [0.25, 0.3) is 0 Å². The summed E-state index contributed by atoms with van der Waals surface area (Å²) < 4.78 is 0. The molecule has 2 rings (SSSR count). The molecule has 1 fully saturated rings. The lowest BCUT2D eigenvalue weighted by molar-refractivity contribution is 0.322. The molecule has 1 N–H and O–H groups in total. The fraction of sp³-hybridized carbons (Fsp3) is 0.750.